The third-order valence-corrected chi connectivity index (χ3v) is 4.25. The molecule has 0 aromatic heterocycles. The average molecular weight is 430 g/mol. The summed E-state index contributed by atoms with van der Waals surface area (Å²) < 4.78 is 10.8. The molecular weight excluding hydrogens is 413 g/mol. The molecule has 0 aliphatic rings. The number of hydrogen-bond donors (Lipinski definition) is 1. The standard InChI is InChI=1S/C21H17Cl2N3O3/c1-3-28-19-10-14(9-17(23)20(19)29-7-6-24)8-15(12-25)21(27)26-18-11-16(22)5-4-13(18)2/h4-5,8-11H,3,7H2,1-2H3,(H,26,27)/b15-8+. The topological polar surface area (TPSA) is 95.1 Å². The third kappa shape index (κ3) is 5.89. The molecule has 0 bridgehead atoms. The minimum absolute atomic E-state index is 0.131. The second-order valence-corrected chi connectivity index (χ2v) is 6.64. The first-order valence-corrected chi connectivity index (χ1v) is 9.30. The highest BCUT2D eigenvalue weighted by molar-refractivity contribution is 6.32. The number of ether oxygens (including phenoxy) is 2. The second kappa shape index (κ2) is 10.4. The maximum atomic E-state index is 12.5. The van der Waals surface area contributed by atoms with Gasteiger partial charge in [0, 0.05) is 10.7 Å². The summed E-state index contributed by atoms with van der Waals surface area (Å²) in [4.78, 5) is 12.5. The molecular formula is C21H17Cl2N3O3. The van der Waals surface area contributed by atoms with E-state index in [4.69, 9.17) is 37.9 Å². The summed E-state index contributed by atoms with van der Waals surface area (Å²) in [5, 5.41) is 21.5. The molecule has 0 fully saturated rings. The molecule has 0 unspecified atom stereocenters. The number of carbonyl (C=O) groups is 1. The van der Waals surface area contributed by atoms with Gasteiger partial charge in [0.05, 0.1) is 11.6 Å². The van der Waals surface area contributed by atoms with Crippen LogP contribution in [0.5, 0.6) is 11.5 Å². The van der Waals surface area contributed by atoms with E-state index in [1.165, 1.54) is 12.1 Å². The van der Waals surface area contributed by atoms with Gasteiger partial charge in [-0.3, -0.25) is 4.79 Å². The van der Waals surface area contributed by atoms with Crippen LogP contribution >= 0.6 is 23.2 Å². The van der Waals surface area contributed by atoms with Crippen molar-refractivity contribution in [2.75, 3.05) is 18.5 Å². The minimum atomic E-state index is -0.586. The third-order valence-electron chi connectivity index (χ3n) is 3.74. The van der Waals surface area contributed by atoms with Gasteiger partial charge in [-0.2, -0.15) is 10.5 Å². The van der Waals surface area contributed by atoms with Crippen molar-refractivity contribution in [3.05, 3.63) is 57.1 Å². The fourth-order valence-corrected chi connectivity index (χ4v) is 2.86. The van der Waals surface area contributed by atoms with Crippen LogP contribution in [-0.2, 0) is 4.79 Å². The molecule has 0 saturated carbocycles. The van der Waals surface area contributed by atoms with E-state index in [0.717, 1.165) is 5.56 Å². The van der Waals surface area contributed by atoms with Crippen molar-refractivity contribution in [2.24, 2.45) is 0 Å². The number of halogens is 2. The fourth-order valence-electron chi connectivity index (χ4n) is 2.41. The predicted octanol–water partition coefficient (Wildman–Crippen LogP) is 5.15. The molecule has 0 atom stereocenters. The van der Waals surface area contributed by atoms with E-state index in [9.17, 15) is 10.1 Å². The highest BCUT2D eigenvalue weighted by Crippen LogP contribution is 2.37. The van der Waals surface area contributed by atoms with Crippen LogP contribution in [0, 0.1) is 29.6 Å². The zero-order valence-corrected chi connectivity index (χ0v) is 17.3. The lowest BCUT2D eigenvalue weighted by molar-refractivity contribution is -0.112. The van der Waals surface area contributed by atoms with Gasteiger partial charge >= 0.3 is 0 Å². The van der Waals surface area contributed by atoms with Crippen molar-refractivity contribution in [2.45, 2.75) is 13.8 Å². The largest absolute Gasteiger partial charge is 0.490 e. The van der Waals surface area contributed by atoms with E-state index in [-0.39, 0.29) is 23.0 Å². The molecule has 2 rings (SSSR count). The van der Waals surface area contributed by atoms with Gasteiger partial charge in [0.15, 0.2) is 18.1 Å². The molecule has 29 heavy (non-hydrogen) atoms. The maximum absolute atomic E-state index is 12.5. The number of benzene rings is 2. The van der Waals surface area contributed by atoms with Gasteiger partial charge in [-0.15, -0.1) is 0 Å². The van der Waals surface area contributed by atoms with Crippen LogP contribution in [0.15, 0.2) is 35.9 Å². The van der Waals surface area contributed by atoms with Gasteiger partial charge in [0.2, 0.25) is 0 Å². The molecule has 1 amide bonds. The zero-order valence-electron chi connectivity index (χ0n) is 15.8. The summed E-state index contributed by atoms with van der Waals surface area (Å²) in [6.07, 6.45) is 1.39. The SMILES string of the molecule is CCOc1cc(/C=C(\C#N)C(=O)Nc2cc(Cl)ccc2C)cc(Cl)c1OCC#N. The lowest BCUT2D eigenvalue weighted by atomic mass is 10.1. The Labute approximate surface area is 178 Å². The van der Waals surface area contributed by atoms with Crippen molar-refractivity contribution >= 4 is 40.9 Å². The first kappa shape index (κ1) is 22.1. The Balaban J connectivity index is 2.36. The van der Waals surface area contributed by atoms with Gasteiger partial charge in [-0.1, -0.05) is 29.3 Å². The van der Waals surface area contributed by atoms with Crippen LogP contribution in [0.1, 0.15) is 18.1 Å². The zero-order chi connectivity index (χ0) is 21.4. The van der Waals surface area contributed by atoms with Gasteiger partial charge in [0.1, 0.15) is 17.7 Å². The van der Waals surface area contributed by atoms with Crippen LogP contribution in [0.4, 0.5) is 5.69 Å². The van der Waals surface area contributed by atoms with Gasteiger partial charge in [-0.25, -0.2) is 0 Å². The van der Waals surface area contributed by atoms with Crippen molar-refractivity contribution in [3.63, 3.8) is 0 Å². The van der Waals surface area contributed by atoms with E-state index in [1.54, 1.807) is 31.2 Å². The molecule has 0 heterocycles. The molecule has 8 heteroatoms. The number of nitrogens with zero attached hydrogens (tertiary/aromatic N) is 2. The average Bonchev–Trinajstić information content (AvgIpc) is 2.68. The summed E-state index contributed by atoms with van der Waals surface area (Å²) in [6.45, 7) is 3.74. The normalized spacial score (nSPS) is 10.6. The summed E-state index contributed by atoms with van der Waals surface area (Å²) in [7, 11) is 0. The van der Waals surface area contributed by atoms with Crippen LogP contribution in [0.2, 0.25) is 10.0 Å². The summed E-state index contributed by atoms with van der Waals surface area (Å²) in [5.41, 5.74) is 1.66. The fraction of sp³-hybridized carbons (Fsp3) is 0.190. The van der Waals surface area contributed by atoms with E-state index < -0.39 is 5.91 Å². The summed E-state index contributed by atoms with van der Waals surface area (Å²) >= 11 is 12.2. The molecule has 0 aliphatic carbocycles. The molecule has 0 saturated heterocycles. The molecule has 0 spiro atoms. The van der Waals surface area contributed by atoms with Gasteiger partial charge < -0.3 is 14.8 Å². The number of rotatable bonds is 7. The smallest absolute Gasteiger partial charge is 0.266 e. The molecule has 2 aromatic rings. The number of nitrogens with one attached hydrogen (secondary N) is 1. The van der Waals surface area contributed by atoms with Crippen LogP contribution in [0.3, 0.4) is 0 Å². The first-order valence-electron chi connectivity index (χ1n) is 8.55. The highest BCUT2D eigenvalue weighted by atomic mass is 35.5. The van der Waals surface area contributed by atoms with E-state index in [2.05, 4.69) is 5.32 Å². The Morgan fingerprint density at radius 3 is 2.62 bits per heavy atom. The van der Waals surface area contributed by atoms with Crippen molar-refractivity contribution in [3.8, 4) is 23.6 Å². The molecule has 0 aliphatic heterocycles. The van der Waals surface area contributed by atoms with Crippen molar-refractivity contribution < 1.29 is 14.3 Å². The monoisotopic (exact) mass is 429 g/mol. The Morgan fingerprint density at radius 2 is 1.97 bits per heavy atom. The molecule has 148 valence electrons. The number of carbonyl (C=O) groups excluding carboxylic acids is 1. The Hall–Kier alpha value is -3.19. The lowest BCUT2D eigenvalue weighted by Crippen LogP contribution is -2.14. The Bertz CT molecular complexity index is 1040. The Morgan fingerprint density at radius 1 is 1.21 bits per heavy atom. The van der Waals surface area contributed by atoms with Crippen LogP contribution in [0.25, 0.3) is 6.08 Å². The molecule has 2 aromatic carbocycles. The summed E-state index contributed by atoms with van der Waals surface area (Å²) in [6, 6.07) is 11.9. The van der Waals surface area contributed by atoms with E-state index in [0.29, 0.717) is 28.6 Å². The van der Waals surface area contributed by atoms with Crippen LogP contribution in [-0.4, -0.2) is 19.1 Å². The first-order chi connectivity index (χ1) is 13.9. The number of nitriles is 2. The second-order valence-electron chi connectivity index (χ2n) is 5.79. The van der Waals surface area contributed by atoms with Gasteiger partial charge in [0.25, 0.3) is 5.91 Å². The Kier molecular flexibility index (Phi) is 7.91. The van der Waals surface area contributed by atoms with Crippen molar-refractivity contribution in [1.29, 1.82) is 10.5 Å². The maximum Gasteiger partial charge on any atom is 0.266 e. The van der Waals surface area contributed by atoms with Gasteiger partial charge in [-0.05, 0) is 55.3 Å². The quantitative estimate of drug-likeness (QED) is 0.484. The van der Waals surface area contributed by atoms with E-state index >= 15 is 0 Å². The minimum Gasteiger partial charge on any atom is -0.490 e. The number of aryl methyl sites for hydroxylation is 1. The molecule has 1 N–H and O–H groups in total. The number of amides is 1. The lowest BCUT2D eigenvalue weighted by Gasteiger charge is -2.13. The molecule has 6 nitrogen and oxygen atoms in total. The predicted molar refractivity (Wildman–Crippen MR) is 112 cm³/mol. The van der Waals surface area contributed by atoms with Crippen LogP contribution < -0.4 is 14.8 Å². The number of hydrogen-bond acceptors (Lipinski definition) is 5. The number of anilines is 1. The van der Waals surface area contributed by atoms with E-state index in [1.807, 2.05) is 19.1 Å². The molecule has 0 radical (unpaired) electrons. The summed E-state index contributed by atoms with van der Waals surface area (Å²) in [5.74, 6) is -0.0497. The van der Waals surface area contributed by atoms with Crippen molar-refractivity contribution in [1.82, 2.24) is 0 Å². The highest BCUT2D eigenvalue weighted by Gasteiger charge is 2.15.